The number of rotatable bonds is 2. The smallest absolute Gasteiger partial charge is 0.146 e. The summed E-state index contributed by atoms with van der Waals surface area (Å²) in [5.41, 5.74) is 3.26. The van der Waals surface area contributed by atoms with Crippen molar-refractivity contribution >= 4 is 5.82 Å². The summed E-state index contributed by atoms with van der Waals surface area (Å²) in [4.78, 5) is 7.09. The Balaban J connectivity index is 1.87. The number of nitrogens with zero attached hydrogens (tertiary/aromatic N) is 3. The highest BCUT2D eigenvalue weighted by molar-refractivity contribution is 5.57. The van der Waals surface area contributed by atoms with E-state index in [4.69, 9.17) is 4.98 Å². The minimum atomic E-state index is 0.547. The summed E-state index contributed by atoms with van der Waals surface area (Å²) in [6.45, 7) is 2.34. The summed E-state index contributed by atoms with van der Waals surface area (Å²) in [6.07, 6.45) is 8.37. The van der Waals surface area contributed by atoms with Crippen molar-refractivity contribution in [1.82, 2.24) is 4.98 Å². The molecule has 0 aromatic carbocycles. The molecule has 0 saturated heterocycles. The topological polar surface area (TPSA) is 39.9 Å². The van der Waals surface area contributed by atoms with Gasteiger partial charge >= 0.3 is 0 Å². The number of aromatic nitrogens is 1. The lowest BCUT2D eigenvalue weighted by Gasteiger charge is -2.34. The Bertz CT molecular complexity index is 536. The SMILES string of the molecule is CC1CCC(N(C)c2nc3c(cc2C#N)CCC3)CC1. The molecule has 1 fully saturated rings. The number of nitriles is 1. The van der Waals surface area contributed by atoms with Crippen molar-refractivity contribution in [2.24, 2.45) is 5.92 Å². The van der Waals surface area contributed by atoms with Crippen LogP contribution in [0.4, 0.5) is 5.82 Å². The molecule has 0 N–H and O–H groups in total. The van der Waals surface area contributed by atoms with Crippen LogP contribution in [0.5, 0.6) is 0 Å². The average Bonchev–Trinajstić information content (AvgIpc) is 2.93. The average molecular weight is 269 g/mol. The monoisotopic (exact) mass is 269 g/mol. The highest BCUT2D eigenvalue weighted by Crippen LogP contribution is 2.32. The summed E-state index contributed by atoms with van der Waals surface area (Å²) in [6, 6.07) is 4.97. The second kappa shape index (κ2) is 5.44. The van der Waals surface area contributed by atoms with Gasteiger partial charge in [-0.25, -0.2) is 4.98 Å². The molecule has 0 aliphatic heterocycles. The fourth-order valence-electron chi connectivity index (χ4n) is 3.62. The third-order valence-corrected chi connectivity index (χ3v) is 5.02. The van der Waals surface area contributed by atoms with Gasteiger partial charge in [0.25, 0.3) is 0 Å². The molecule has 20 heavy (non-hydrogen) atoms. The number of pyridine rings is 1. The third kappa shape index (κ3) is 2.40. The maximum absolute atomic E-state index is 9.42. The second-order valence-corrected chi connectivity index (χ2v) is 6.46. The molecule has 2 aliphatic carbocycles. The zero-order valence-corrected chi connectivity index (χ0v) is 12.5. The van der Waals surface area contributed by atoms with Crippen LogP contribution in [-0.2, 0) is 12.8 Å². The molecule has 106 valence electrons. The summed E-state index contributed by atoms with van der Waals surface area (Å²) in [7, 11) is 2.12. The molecule has 0 unspecified atom stereocenters. The van der Waals surface area contributed by atoms with Gasteiger partial charge in [0.2, 0.25) is 0 Å². The first-order valence-electron chi connectivity index (χ1n) is 7.84. The van der Waals surface area contributed by atoms with Crippen LogP contribution in [0.25, 0.3) is 0 Å². The quantitative estimate of drug-likeness (QED) is 0.825. The Morgan fingerprint density at radius 3 is 2.70 bits per heavy atom. The summed E-state index contributed by atoms with van der Waals surface area (Å²) in [5.74, 6) is 1.76. The first-order valence-corrected chi connectivity index (χ1v) is 7.84. The number of hydrogen-bond acceptors (Lipinski definition) is 3. The maximum atomic E-state index is 9.42. The van der Waals surface area contributed by atoms with Gasteiger partial charge in [-0.1, -0.05) is 6.92 Å². The molecule has 1 aromatic heterocycles. The summed E-state index contributed by atoms with van der Waals surface area (Å²) >= 11 is 0. The van der Waals surface area contributed by atoms with Crippen LogP contribution in [0.1, 0.15) is 55.8 Å². The van der Waals surface area contributed by atoms with E-state index in [1.807, 2.05) is 0 Å². The molecule has 2 aliphatic rings. The van der Waals surface area contributed by atoms with Gasteiger partial charge in [-0.3, -0.25) is 0 Å². The number of fused-ring (bicyclic) bond motifs is 1. The van der Waals surface area contributed by atoms with Gasteiger partial charge in [0.15, 0.2) is 0 Å². The van der Waals surface area contributed by atoms with Gasteiger partial charge in [0.1, 0.15) is 11.9 Å². The minimum Gasteiger partial charge on any atom is -0.356 e. The van der Waals surface area contributed by atoms with E-state index in [2.05, 4.69) is 31.0 Å². The van der Waals surface area contributed by atoms with E-state index in [0.29, 0.717) is 6.04 Å². The van der Waals surface area contributed by atoms with Gasteiger partial charge in [-0.15, -0.1) is 0 Å². The lowest BCUT2D eigenvalue weighted by Crippen LogP contribution is -2.36. The van der Waals surface area contributed by atoms with E-state index in [0.717, 1.165) is 30.1 Å². The molecular weight excluding hydrogens is 246 g/mol. The predicted molar refractivity (Wildman–Crippen MR) is 80.8 cm³/mol. The number of hydrogen-bond donors (Lipinski definition) is 0. The highest BCUT2D eigenvalue weighted by atomic mass is 15.2. The van der Waals surface area contributed by atoms with Crippen molar-refractivity contribution in [2.45, 2.75) is 57.9 Å². The van der Waals surface area contributed by atoms with E-state index in [1.165, 1.54) is 43.4 Å². The Kier molecular flexibility index (Phi) is 3.65. The number of aryl methyl sites for hydroxylation is 2. The van der Waals surface area contributed by atoms with E-state index < -0.39 is 0 Å². The Morgan fingerprint density at radius 2 is 2.00 bits per heavy atom. The summed E-state index contributed by atoms with van der Waals surface area (Å²) in [5, 5.41) is 9.42. The second-order valence-electron chi connectivity index (χ2n) is 6.46. The molecule has 3 nitrogen and oxygen atoms in total. The molecule has 1 aromatic rings. The zero-order valence-electron chi connectivity index (χ0n) is 12.5. The fraction of sp³-hybridized carbons (Fsp3) is 0.647. The third-order valence-electron chi connectivity index (χ3n) is 5.02. The van der Waals surface area contributed by atoms with Crippen LogP contribution in [0.2, 0.25) is 0 Å². The van der Waals surface area contributed by atoms with Crippen LogP contribution in [0.15, 0.2) is 6.07 Å². The molecule has 1 saturated carbocycles. The molecular formula is C17H23N3. The highest BCUT2D eigenvalue weighted by Gasteiger charge is 2.25. The molecule has 0 radical (unpaired) electrons. The first-order chi connectivity index (χ1) is 9.69. The lowest BCUT2D eigenvalue weighted by atomic mass is 9.86. The molecule has 0 amide bonds. The molecule has 3 rings (SSSR count). The largest absolute Gasteiger partial charge is 0.356 e. The molecule has 0 atom stereocenters. The van der Waals surface area contributed by atoms with Crippen molar-refractivity contribution < 1.29 is 0 Å². The van der Waals surface area contributed by atoms with Crippen molar-refractivity contribution in [2.75, 3.05) is 11.9 Å². The van der Waals surface area contributed by atoms with Crippen molar-refractivity contribution in [3.63, 3.8) is 0 Å². The first kappa shape index (κ1) is 13.4. The van der Waals surface area contributed by atoms with Crippen LogP contribution >= 0.6 is 0 Å². The van der Waals surface area contributed by atoms with Crippen LogP contribution in [-0.4, -0.2) is 18.1 Å². The van der Waals surface area contributed by atoms with Crippen molar-refractivity contribution in [3.05, 3.63) is 22.9 Å². The van der Waals surface area contributed by atoms with Crippen LogP contribution in [0, 0.1) is 17.2 Å². The predicted octanol–water partition coefficient (Wildman–Crippen LogP) is 3.46. The van der Waals surface area contributed by atoms with E-state index in [-0.39, 0.29) is 0 Å². The van der Waals surface area contributed by atoms with Crippen molar-refractivity contribution in [3.8, 4) is 6.07 Å². The van der Waals surface area contributed by atoms with Gasteiger partial charge < -0.3 is 4.90 Å². The van der Waals surface area contributed by atoms with Crippen LogP contribution in [0.3, 0.4) is 0 Å². The van der Waals surface area contributed by atoms with E-state index in [9.17, 15) is 5.26 Å². The molecule has 0 bridgehead atoms. The Labute approximate surface area is 121 Å². The minimum absolute atomic E-state index is 0.547. The molecule has 0 spiro atoms. The van der Waals surface area contributed by atoms with E-state index >= 15 is 0 Å². The summed E-state index contributed by atoms with van der Waals surface area (Å²) < 4.78 is 0. The normalized spacial score (nSPS) is 25.1. The van der Waals surface area contributed by atoms with E-state index in [1.54, 1.807) is 0 Å². The standard InChI is InChI=1S/C17H23N3/c1-12-6-8-15(9-7-12)20(2)17-14(11-18)10-13-4-3-5-16(13)19-17/h10,12,15H,3-9H2,1-2H3. The van der Waals surface area contributed by atoms with Gasteiger partial charge in [-0.2, -0.15) is 5.26 Å². The van der Waals surface area contributed by atoms with Gasteiger partial charge in [0.05, 0.1) is 5.56 Å². The fourth-order valence-corrected chi connectivity index (χ4v) is 3.62. The Hall–Kier alpha value is -1.56. The lowest BCUT2D eigenvalue weighted by molar-refractivity contribution is 0.340. The molecule has 1 heterocycles. The maximum Gasteiger partial charge on any atom is 0.146 e. The Morgan fingerprint density at radius 1 is 1.25 bits per heavy atom. The number of anilines is 1. The zero-order chi connectivity index (χ0) is 14.1. The van der Waals surface area contributed by atoms with Crippen molar-refractivity contribution in [1.29, 1.82) is 5.26 Å². The van der Waals surface area contributed by atoms with Gasteiger partial charge in [0, 0.05) is 18.8 Å². The molecule has 3 heteroatoms. The van der Waals surface area contributed by atoms with Crippen LogP contribution < -0.4 is 4.90 Å². The van der Waals surface area contributed by atoms with Gasteiger partial charge in [-0.05, 0) is 62.5 Å².